The number of sulfonamides is 1. The second-order valence-electron chi connectivity index (χ2n) is 18.8. The Hall–Kier alpha value is -6.83. The molecule has 0 spiro atoms. The maximum Gasteiger partial charge on any atom is 0.262 e. The highest BCUT2D eigenvalue weighted by molar-refractivity contribution is 7.94. The number of piperidine rings is 1. The van der Waals surface area contributed by atoms with Gasteiger partial charge in [-0.3, -0.25) is 38.9 Å². The molecule has 0 radical (unpaired) electrons. The minimum absolute atomic E-state index is 0.0330. The summed E-state index contributed by atoms with van der Waals surface area (Å²) in [6.07, 6.45) is 2.01. The fourth-order valence-electron chi connectivity index (χ4n) is 8.05. The van der Waals surface area contributed by atoms with Gasteiger partial charge >= 0.3 is 0 Å². The van der Waals surface area contributed by atoms with Gasteiger partial charge in [0.15, 0.2) is 0 Å². The summed E-state index contributed by atoms with van der Waals surface area (Å²) in [5.74, 6) is -1.94. The van der Waals surface area contributed by atoms with E-state index in [-0.39, 0.29) is 48.9 Å². The van der Waals surface area contributed by atoms with E-state index in [1.807, 2.05) is 11.8 Å². The number of aromatic nitrogens is 2. The van der Waals surface area contributed by atoms with Crippen LogP contribution in [0.1, 0.15) is 66.3 Å². The van der Waals surface area contributed by atoms with Crippen molar-refractivity contribution in [3.05, 3.63) is 89.4 Å². The monoisotopic (exact) mass is 1060 g/mol. The molecule has 404 valence electrons. The Bertz CT molecular complexity index is 2790. The number of aryl methyl sites for hydroxylation is 1. The van der Waals surface area contributed by atoms with Gasteiger partial charge in [-0.25, -0.2) is 17.8 Å². The third-order valence-corrected chi connectivity index (χ3v) is 14.4. The van der Waals surface area contributed by atoms with E-state index in [9.17, 15) is 32.4 Å². The molecule has 1 atom stereocenters. The maximum absolute atomic E-state index is 15.5. The van der Waals surface area contributed by atoms with Gasteiger partial charge < -0.3 is 49.4 Å². The van der Waals surface area contributed by atoms with Crippen LogP contribution >= 0.6 is 0 Å². The lowest BCUT2D eigenvalue weighted by molar-refractivity contribution is -0.136. The van der Waals surface area contributed by atoms with E-state index in [0.717, 1.165) is 10.5 Å². The van der Waals surface area contributed by atoms with Crippen LogP contribution in [0, 0.1) is 12.7 Å². The number of ether oxygens (including phenoxy) is 5. The molecule has 1 aromatic heterocycles. The zero-order valence-electron chi connectivity index (χ0n) is 42.6. The number of carbonyl (C=O) groups excluding carboxylic acids is 5. The summed E-state index contributed by atoms with van der Waals surface area (Å²) in [7, 11) is -3.62. The number of benzene rings is 3. The second-order valence-corrected chi connectivity index (χ2v) is 21.2. The number of hydrogen-bond acceptors (Lipinski definition) is 18. The number of piperazine rings is 1. The average molecular weight is 1060 g/mol. The Labute approximate surface area is 435 Å². The zero-order valence-corrected chi connectivity index (χ0v) is 43.4. The minimum Gasteiger partial charge on any atom is -0.383 e. The highest BCUT2D eigenvalue weighted by Crippen LogP contribution is 2.31. The number of nitrogens with zero attached hydrogens (tertiary/aromatic N) is 5. The van der Waals surface area contributed by atoms with E-state index < -0.39 is 50.3 Å². The highest BCUT2D eigenvalue weighted by Gasteiger charge is 2.44. The van der Waals surface area contributed by atoms with Gasteiger partial charge in [0.1, 0.15) is 17.7 Å². The Kier molecular flexibility index (Phi) is 19.5. The first-order chi connectivity index (χ1) is 36.0. The first-order valence-corrected chi connectivity index (χ1v) is 26.3. The van der Waals surface area contributed by atoms with Crippen LogP contribution in [-0.2, 0) is 48.1 Å². The number of hydrogen-bond donors (Lipinski definition) is 5. The van der Waals surface area contributed by atoms with Crippen molar-refractivity contribution < 1.29 is 60.5 Å². The topological polar surface area (TPSA) is 261 Å². The summed E-state index contributed by atoms with van der Waals surface area (Å²) < 4.78 is 70.3. The molecule has 4 heterocycles. The van der Waals surface area contributed by atoms with Gasteiger partial charge in [-0.15, -0.1) is 0 Å². The van der Waals surface area contributed by atoms with Crippen LogP contribution in [0.4, 0.5) is 44.6 Å². The van der Waals surface area contributed by atoms with E-state index in [2.05, 4.69) is 36.0 Å². The highest BCUT2D eigenvalue weighted by atomic mass is 32.2. The number of rotatable bonds is 27. The molecular weight excluding hydrogens is 996 g/mol. The SMILES string of the molecule is Cc1cnc(Nc2ccc(N3CCN(C(=O)CCOCCOCCOCCOCCOCCNc4ccc5c(c4)C(=O)N(C4CCC(=O)NC4=O)C5=O)CC3)c(F)c2)nc1Nc1cccc(NS(=O)(=O)C(C)(C)C)c1. The van der Waals surface area contributed by atoms with E-state index >= 15 is 4.39 Å². The van der Waals surface area contributed by atoms with Gasteiger partial charge in [-0.05, 0) is 88.7 Å². The number of fused-ring (bicyclic) bond motifs is 1. The molecule has 2 saturated heterocycles. The summed E-state index contributed by atoms with van der Waals surface area (Å²) in [5, 5.41) is 11.6. The largest absolute Gasteiger partial charge is 0.383 e. The van der Waals surface area contributed by atoms with Crippen molar-refractivity contribution >= 4 is 79.8 Å². The summed E-state index contributed by atoms with van der Waals surface area (Å²) >= 11 is 0. The van der Waals surface area contributed by atoms with Crippen molar-refractivity contribution in [2.45, 2.75) is 57.7 Å². The third kappa shape index (κ3) is 15.4. The van der Waals surface area contributed by atoms with Gasteiger partial charge in [-0.1, -0.05) is 6.07 Å². The molecule has 4 aromatic rings. The Morgan fingerprint density at radius 1 is 0.747 bits per heavy atom. The summed E-state index contributed by atoms with van der Waals surface area (Å²) in [4.78, 5) is 76.1. The fraction of sp³-hybridized carbons (Fsp3) is 0.471. The van der Waals surface area contributed by atoms with Crippen LogP contribution in [0.3, 0.4) is 0 Å². The molecule has 22 nitrogen and oxygen atoms in total. The Balaban J connectivity index is 0.680. The van der Waals surface area contributed by atoms with E-state index in [1.165, 1.54) is 6.07 Å². The van der Waals surface area contributed by atoms with Crippen molar-refractivity contribution in [2.75, 3.05) is 124 Å². The molecule has 75 heavy (non-hydrogen) atoms. The number of imide groups is 2. The van der Waals surface area contributed by atoms with Gasteiger partial charge in [-0.2, -0.15) is 4.98 Å². The number of halogens is 1. The third-order valence-electron chi connectivity index (χ3n) is 12.3. The molecule has 3 aliphatic heterocycles. The van der Waals surface area contributed by atoms with Gasteiger partial charge in [0, 0.05) is 68.0 Å². The fourth-order valence-corrected chi connectivity index (χ4v) is 8.79. The second kappa shape index (κ2) is 26.1. The molecule has 3 aromatic carbocycles. The zero-order chi connectivity index (χ0) is 53.5. The quantitative estimate of drug-likeness (QED) is 0.0404. The predicted octanol–water partition coefficient (Wildman–Crippen LogP) is 4.59. The normalized spacial score (nSPS) is 16.0. The molecule has 0 aliphatic carbocycles. The van der Waals surface area contributed by atoms with Gasteiger partial charge in [0.25, 0.3) is 11.8 Å². The molecular formula is C51H65FN10O12S. The molecule has 3 aliphatic rings. The van der Waals surface area contributed by atoms with Crippen molar-refractivity contribution in [2.24, 2.45) is 0 Å². The molecule has 1 unspecified atom stereocenters. The summed E-state index contributed by atoms with van der Waals surface area (Å²) in [6.45, 7) is 12.5. The molecule has 5 N–H and O–H groups in total. The number of carbonyl (C=O) groups is 5. The lowest BCUT2D eigenvalue weighted by Crippen LogP contribution is -2.54. The molecule has 0 saturated carbocycles. The van der Waals surface area contributed by atoms with E-state index in [4.69, 9.17) is 23.7 Å². The molecule has 24 heteroatoms. The standard InChI is InChI=1S/C51H65FN10O12S/c1-34-33-54-50(58-46(34)55-36-6-5-7-38(30-36)59-75(68,69)51(2,3)4)56-37-9-11-42(41(52)32-37)60-16-18-61(19-17-60)45(64)14-20-70-22-24-72-26-28-74-29-27-73-25-23-71-21-15-53-35-8-10-39-40(31-35)49(67)62(48(39)66)43-12-13-44(63)57-47(43)65/h5-11,30-33,43,53,59H,12-29H2,1-4H3,(H,57,63,65)(H2,54,55,56,58). The van der Waals surface area contributed by atoms with Crippen LogP contribution < -0.4 is 30.9 Å². The lowest BCUT2D eigenvalue weighted by Gasteiger charge is -2.36. The average Bonchev–Trinajstić information content (AvgIpc) is 3.61. The first kappa shape index (κ1) is 55.9. The van der Waals surface area contributed by atoms with Crippen LogP contribution in [0.25, 0.3) is 0 Å². The van der Waals surface area contributed by atoms with Crippen molar-refractivity contribution in [1.29, 1.82) is 0 Å². The molecule has 2 fully saturated rings. The van der Waals surface area contributed by atoms with Gasteiger partial charge in [0.2, 0.25) is 33.7 Å². The van der Waals surface area contributed by atoms with Crippen molar-refractivity contribution in [3.63, 3.8) is 0 Å². The first-order valence-electron chi connectivity index (χ1n) is 24.8. The molecule has 0 bridgehead atoms. The van der Waals surface area contributed by atoms with E-state index in [1.54, 1.807) is 86.5 Å². The van der Waals surface area contributed by atoms with Gasteiger partial charge in [0.05, 0.1) is 99.7 Å². The molecule has 7 rings (SSSR count). The predicted molar refractivity (Wildman–Crippen MR) is 278 cm³/mol. The van der Waals surface area contributed by atoms with E-state index in [0.29, 0.717) is 126 Å². The van der Waals surface area contributed by atoms with Crippen molar-refractivity contribution in [3.8, 4) is 0 Å². The minimum atomic E-state index is -3.62. The maximum atomic E-state index is 15.5. The van der Waals surface area contributed by atoms with Crippen LogP contribution in [-0.4, -0.2) is 167 Å². The number of nitrogens with one attached hydrogen (secondary N) is 5. The lowest BCUT2D eigenvalue weighted by atomic mass is 10.0. The smallest absolute Gasteiger partial charge is 0.262 e. The Morgan fingerprint density at radius 2 is 1.36 bits per heavy atom. The number of amides is 5. The van der Waals surface area contributed by atoms with Crippen LogP contribution in [0.5, 0.6) is 0 Å². The van der Waals surface area contributed by atoms with Crippen LogP contribution in [0.15, 0.2) is 66.9 Å². The van der Waals surface area contributed by atoms with Crippen LogP contribution in [0.2, 0.25) is 0 Å². The number of anilines is 7. The Morgan fingerprint density at radius 3 is 2.01 bits per heavy atom. The summed E-state index contributed by atoms with van der Waals surface area (Å²) in [6, 6.07) is 15.4. The summed E-state index contributed by atoms with van der Waals surface area (Å²) in [5.41, 5.74) is 3.67. The van der Waals surface area contributed by atoms with Crippen molar-refractivity contribution in [1.82, 2.24) is 25.1 Å². The molecule has 5 amide bonds.